The second-order valence-electron chi connectivity index (χ2n) is 6.29. The third kappa shape index (κ3) is 4.64. The van der Waals surface area contributed by atoms with E-state index in [4.69, 9.17) is 0 Å². The molecule has 3 rings (SSSR count). The van der Waals surface area contributed by atoms with Crippen LogP contribution in [0.15, 0.2) is 42.6 Å². The van der Waals surface area contributed by atoms with Gasteiger partial charge in [0.25, 0.3) is 0 Å². The number of amides is 1. The normalized spacial score (nSPS) is 14.3. The van der Waals surface area contributed by atoms with Crippen LogP contribution in [0.5, 0.6) is 0 Å². The maximum Gasteiger partial charge on any atom is 0.416 e. The maximum absolute atomic E-state index is 12.9. The smallest absolute Gasteiger partial charge is 0.342 e. The zero-order chi connectivity index (χ0) is 19.4. The second kappa shape index (κ2) is 7.77. The van der Waals surface area contributed by atoms with Crippen molar-refractivity contribution in [2.24, 2.45) is 0 Å². The molecule has 2 heterocycles. The number of pyridine rings is 1. The standard InChI is InChI=1S/C19H18F3N3O2/c20-19(21,22)13-5-3-6-14(11-13)24-18-15(7-4-8-23-18)16(26)12-17(27)25-9-1-2-10-25/h3-8,11H,1-2,9-10,12H2,(H,23,24). The molecule has 0 saturated carbocycles. The molecule has 1 amide bonds. The van der Waals surface area contributed by atoms with Gasteiger partial charge < -0.3 is 10.2 Å². The predicted molar refractivity (Wildman–Crippen MR) is 93.7 cm³/mol. The first-order valence-electron chi connectivity index (χ1n) is 8.55. The molecule has 1 aliphatic rings. The highest BCUT2D eigenvalue weighted by Crippen LogP contribution is 2.31. The predicted octanol–water partition coefficient (Wildman–Crippen LogP) is 4.04. The largest absolute Gasteiger partial charge is 0.416 e. The minimum absolute atomic E-state index is 0.121. The molecule has 0 bridgehead atoms. The van der Waals surface area contributed by atoms with Gasteiger partial charge in [-0.05, 0) is 43.2 Å². The summed E-state index contributed by atoms with van der Waals surface area (Å²) in [5.41, 5.74) is -0.480. The van der Waals surface area contributed by atoms with Crippen LogP contribution in [0.3, 0.4) is 0 Å². The van der Waals surface area contributed by atoms with Gasteiger partial charge in [0.1, 0.15) is 5.82 Å². The van der Waals surface area contributed by atoms with Gasteiger partial charge in [-0.3, -0.25) is 9.59 Å². The first-order valence-corrected chi connectivity index (χ1v) is 8.55. The topological polar surface area (TPSA) is 62.3 Å². The second-order valence-corrected chi connectivity index (χ2v) is 6.29. The van der Waals surface area contributed by atoms with E-state index in [9.17, 15) is 22.8 Å². The van der Waals surface area contributed by atoms with Crippen molar-refractivity contribution in [3.05, 3.63) is 53.7 Å². The number of anilines is 2. The molecule has 8 heteroatoms. The number of nitrogens with zero attached hydrogens (tertiary/aromatic N) is 2. The molecule has 0 unspecified atom stereocenters. The van der Waals surface area contributed by atoms with Crippen LogP contribution in [0.4, 0.5) is 24.7 Å². The van der Waals surface area contributed by atoms with E-state index in [2.05, 4.69) is 10.3 Å². The van der Waals surface area contributed by atoms with Crippen LogP contribution >= 0.6 is 0 Å². The molecule has 1 saturated heterocycles. The lowest BCUT2D eigenvalue weighted by Crippen LogP contribution is -2.29. The molecule has 0 spiro atoms. The lowest BCUT2D eigenvalue weighted by atomic mass is 10.1. The molecule has 0 atom stereocenters. The number of Topliss-reactive ketones (excluding diaryl/α,β-unsaturated/α-hetero) is 1. The zero-order valence-electron chi connectivity index (χ0n) is 14.4. The van der Waals surface area contributed by atoms with Gasteiger partial charge >= 0.3 is 6.18 Å². The number of rotatable bonds is 5. The summed E-state index contributed by atoms with van der Waals surface area (Å²) in [5.74, 6) is -0.545. The Kier molecular flexibility index (Phi) is 5.43. The summed E-state index contributed by atoms with van der Waals surface area (Å²) in [5, 5.41) is 2.75. The van der Waals surface area contributed by atoms with Gasteiger partial charge in [0.15, 0.2) is 5.78 Å². The number of likely N-dealkylation sites (tertiary alicyclic amines) is 1. The van der Waals surface area contributed by atoms with Crippen LogP contribution in [-0.4, -0.2) is 34.7 Å². The van der Waals surface area contributed by atoms with Crippen molar-refractivity contribution >= 4 is 23.2 Å². The van der Waals surface area contributed by atoms with E-state index < -0.39 is 17.5 Å². The molecule has 2 aromatic rings. The fraction of sp³-hybridized carbons (Fsp3) is 0.316. The first-order chi connectivity index (χ1) is 12.8. The molecule has 0 radical (unpaired) electrons. The molecular formula is C19H18F3N3O2. The summed E-state index contributed by atoms with van der Waals surface area (Å²) in [6, 6.07) is 7.68. The molecule has 142 valence electrons. The molecule has 5 nitrogen and oxygen atoms in total. The molecule has 0 aliphatic carbocycles. The molecule has 1 N–H and O–H groups in total. The Morgan fingerprint density at radius 1 is 1.11 bits per heavy atom. The summed E-state index contributed by atoms with van der Waals surface area (Å²) in [4.78, 5) is 30.4. The SMILES string of the molecule is O=C(CC(=O)N1CCCC1)c1cccnc1Nc1cccc(C(F)(F)F)c1. The van der Waals surface area contributed by atoms with E-state index in [1.165, 1.54) is 24.4 Å². The highest BCUT2D eigenvalue weighted by Gasteiger charge is 2.30. The van der Waals surface area contributed by atoms with Crippen molar-refractivity contribution in [1.29, 1.82) is 0 Å². The number of carbonyl (C=O) groups is 2. The Labute approximate surface area is 154 Å². The number of aromatic nitrogens is 1. The van der Waals surface area contributed by atoms with Crippen molar-refractivity contribution in [2.45, 2.75) is 25.4 Å². The number of nitrogens with one attached hydrogen (secondary N) is 1. The highest BCUT2D eigenvalue weighted by molar-refractivity contribution is 6.10. The summed E-state index contributed by atoms with van der Waals surface area (Å²) in [7, 11) is 0. The summed E-state index contributed by atoms with van der Waals surface area (Å²) < 4.78 is 38.6. The maximum atomic E-state index is 12.9. The number of halogens is 3. The Balaban J connectivity index is 1.78. The lowest BCUT2D eigenvalue weighted by Gasteiger charge is -2.15. The molecule has 1 aromatic heterocycles. The number of hydrogen-bond acceptors (Lipinski definition) is 4. The van der Waals surface area contributed by atoms with Crippen LogP contribution in [0, 0.1) is 0 Å². The van der Waals surface area contributed by atoms with Crippen LogP contribution in [0.1, 0.15) is 35.2 Å². The molecule has 27 heavy (non-hydrogen) atoms. The van der Waals surface area contributed by atoms with Gasteiger partial charge in [-0.1, -0.05) is 6.07 Å². The number of alkyl halides is 3. The third-order valence-electron chi connectivity index (χ3n) is 4.33. The number of hydrogen-bond donors (Lipinski definition) is 1. The highest BCUT2D eigenvalue weighted by atomic mass is 19.4. The summed E-state index contributed by atoms with van der Waals surface area (Å²) in [6.45, 7) is 1.29. The Morgan fingerprint density at radius 3 is 2.56 bits per heavy atom. The third-order valence-corrected chi connectivity index (χ3v) is 4.33. The van der Waals surface area contributed by atoms with Crippen LogP contribution in [0.2, 0.25) is 0 Å². The summed E-state index contributed by atoms with van der Waals surface area (Å²) in [6.07, 6.45) is -1.48. The van der Waals surface area contributed by atoms with E-state index in [0.717, 1.165) is 25.0 Å². The minimum atomic E-state index is -4.47. The Morgan fingerprint density at radius 2 is 1.85 bits per heavy atom. The molecule has 1 aliphatic heterocycles. The van der Waals surface area contributed by atoms with Crippen molar-refractivity contribution in [3.8, 4) is 0 Å². The number of benzene rings is 1. The Hall–Kier alpha value is -2.90. The van der Waals surface area contributed by atoms with Gasteiger partial charge in [0.05, 0.1) is 17.5 Å². The average Bonchev–Trinajstić information content (AvgIpc) is 3.16. The minimum Gasteiger partial charge on any atom is -0.342 e. The molecule has 1 aromatic carbocycles. The van der Waals surface area contributed by atoms with Gasteiger partial charge in [0.2, 0.25) is 5.91 Å². The fourth-order valence-corrected chi connectivity index (χ4v) is 2.95. The van der Waals surface area contributed by atoms with E-state index in [1.54, 1.807) is 11.0 Å². The number of ketones is 1. The summed E-state index contributed by atoms with van der Waals surface area (Å²) >= 11 is 0. The lowest BCUT2D eigenvalue weighted by molar-refractivity contribution is -0.137. The van der Waals surface area contributed by atoms with Crippen molar-refractivity contribution in [1.82, 2.24) is 9.88 Å². The van der Waals surface area contributed by atoms with E-state index in [1.807, 2.05) is 0 Å². The average molecular weight is 377 g/mol. The molecule has 1 fully saturated rings. The van der Waals surface area contributed by atoms with Gasteiger partial charge in [0, 0.05) is 25.0 Å². The van der Waals surface area contributed by atoms with Gasteiger partial charge in [-0.15, -0.1) is 0 Å². The van der Waals surface area contributed by atoms with E-state index >= 15 is 0 Å². The van der Waals surface area contributed by atoms with Crippen molar-refractivity contribution in [2.75, 3.05) is 18.4 Å². The molecular weight excluding hydrogens is 359 g/mol. The number of carbonyl (C=O) groups excluding carboxylic acids is 2. The van der Waals surface area contributed by atoms with E-state index in [0.29, 0.717) is 13.1 Å². The monoisotopic (exact) mass is 377 g/mol. The van der Waals surface area contributed by atoms with Gasteiger partial charge in [-0.2, -0.15) is 13.2 Å². The van der Waals surface area contributed by atoms with E-state index in [-0.39, 0.29) is 29.4 Å². The quantitative estimate of drug-likeness (QED) is 0.631. The van der Waals surface area contributed by atoms with Crippen molar-refractivity contribution in [3.63, 3.8) is 0 Å². The van der Waals surface area contributed by atoms with Crippen LogP contribution in [-0.2, 0) is 11.0 Å². The Bertz CT molecular complexity index is 846. The van der Waals surface area contributed by atoms with Crippen molar-refractivity contribution < 1.29 is 22.8 Å². The van der Waals surface area contributed by atoms with Gasteiger partial charge in [-0.25, -0.2) is 4.98 Å². The van der Waals surface area contributed by atoms with Crippen LogP contribution < -0.4 is 5.32 Å². The van der Waals surface area contributed by atoms with Crippen LogP contribution in [0.25, 0.3) is 0 Å². The fourth-order valence-electron chi connectivity index (χ4n) is 2.95. The first kappa shape index (κ1) is 18.9. The zero-order valence-corrected chi connectivity index (χ0v) is 14.4.